The molecule has 0 bridgehead atoms. The van der Waals surface area contributed by atoms with Crippen molar-refractivity contribution in [3.63, 3.8) is 0 Å². The fourth-order valence-corrected chi connectivity index (χ4v) is 2.09. The first kappa shape index (κ1) is 14.7. The van der Waals surface area contributed by atoms with Gasteiger partial charge in [0, 0.05) is 22.2 Å². The van der Waals surface area contributed by atoms with Crippen molar-refractivity contribution in [3.8, 4) is 11.3 Å². The predicted octanol–water partition coefficient (Wildman–Crippen LogP) is 3.32. The zero-order chi connectivity index (χ0) is 14.5. The van der Waals surface area contributed by atoms with Crippen molar-refractivity contribution in [2.24, 2.45) is 0 Å². The number of methoxy groups -OCH3 is 1. The Bertz CT molecular complexity index is 612. The summed E-state index contributed by atoms with van der Waals surface area (Å²) in [7, 11) is 1.38. The molecule has 20 heavy (non-hydrogen) atoms. The van der Waals surface area contributed by atoms with Gasteiger partial charge in [-0.3, -0.25) is 4.79 Å². The minimum absolute atomic E-state index is 0.250. The summed E-state index contributed by atoms with van der Waals surface area (Å²) in [4.78, 5) is 20.0. The van der Waals surface area contributed by atoms with Gasteiger partial charge in [-0.15, -0.1) is 0 Å². The molecule has 0 saturated carbocycles. The number of hydrogen-bond acceptors (Lipinski definition) is 4. The lowest BCUT2D eigenvalue weighted by molar-refractivity contribution is -0.140. The maximum absolute atomic E-state index is 11.2. The minimum atomic E-state index is -0.250. The van der Waals surface area contributed by atoms with Crippen molar-refractivity contribution >= 4 is 21.9 Å². The van der Waals surface area contributed by atoms with E-state index in [4.69, 9.17) is 0 Å². The number of carbonyl (C=O) groups is 1. The van der Waals surface area contributed by atoms with Gasteiger partial charge in [-0.2, -0.15) is 0 Å². The molecule has 1 aromatic heterocycles. The van der Waals surface area contributed by atoms with Crippen LogP contribution in [0.15, 0.2) is 34.8 Å². The van der Waals surface area contributed by atoms with Crippen LogP contribution in [0.4, 0.5) is 0 Å². The second-order valence-corrected chi connectivity index (χ2v) is 5.31. The summed E-state index contributed by atoms with van der Waals surface area (Å²) in [5.74, 6) is 0.411. The lowest BCUT2D eigenvalue weighted by Gasteiger charge is -2.06. The Hall–Kier alpha value is -1.75. The molecule has 0 fully saturated rings. The highest BCUT2D eigenvalue weighted by Gasteiger charge is 2.07. The number of halogens is 1. The predicted molar refractivity (Wildman–Crippen MR) is 80.2 cm³/mol. The maximum Gasteiger partial charge on any atom is 0.305 e. The van der Waals surface area contributed by atoms with E-state index < -0.39 is 0 Å². The average Bonchev–Trinajstić information content (AvgIpc) is 2.45. The number of rotatable bonds is 4. The molecule has 0 unspecified atom stereocenters. The van der Waals surface area contributed by atoms with Crippen molar-refractivity contribution in [2.45, 2.75) is 19.8 Å². The van der Waals surface area contributed by atoms with Gasteiger partial charge in [-0.25, -0.2) is 9.97 Å². The van der Waals surface area contributed by atoms with Crippen LogP contribution in [0.5, 0.6) is 0 Å². The van der Waals surface area contributed by atoms with E-state index in [1.54, 1.807) is 0 Å². The van der Waals surface area contributed by atoms with E-state index in [9.17, 15) is 4.79 Å². The topological polar surface area (TPSA) is 52.1 Å². The SMILES string of the molecule is COC(=O)CCc1nc(C)cc(-c2ccc(Br)cc2)n1. The lowest BCUT2D eigenvalue weighted by Crippen LogP contribution is -2.05. The van der Waals surface area contributed by atoms with Gasteiger partial charge in [-0.1, -0.05) is 28.1 Å². The van der Waals surface area contributed by atoms with E-state index in [1.165, 1.54) is 7.11 Å². The van der Waals surface area contributed by atoms with Crippen LogP contribution in [0, 0.1) is 6.92 Å². The van der Waals surface area contributed by atoms with E-state index in [1.807, 2.05) is 37.3 Å². The van der Waals surface area contributed by atoms with Gasteiger partial charge in [-0.05, 0) is 25.1 Å². The Morgan fingerprint density at radius 3 is 2.60 bits per heavy atom. The molecule has 1 heterocycles. The number of nitrogens with zero attached hydrogens (tertiary/aromatic N) is 2. The first-order valence-corrected chi connectivity index (χ1v) is 7.05. The molecule has 0 N–H and O–H groups in total. The zero-order valence-electron chi connectivity index (χ0n) is 11.4. The number of hydrogen-bond donors (Lipinski definition) is 0. The van der Waals surface area contributed by atoms with Crippen molar-refractivity contribution in [2.75, 3.05) is 7.11 Å². The Labute approximate surface area is 126 Å². The second kappa shape index (κ2) is 6.61. The van der Waals surface area contributed by atoms with Gasteiger partial charge in [0.05, 0.1) is 19.2 Å². The number of esters is 1. The van der Waals surface area contributed by atoms with E-state index >= 15 is 0 Å². The van der Waals surface area contributed by atoms with Crippen LogP contribution in [0.25, 0.3) is 11.3 Å². The van der Waals surface area contributed by atoms with Crippen LogP contribution in [-0.4, -0.2) is 23.0 Å². The number of aryl methyl sites for hydroxylation is 2. The molecule has 0 aliphatic heterocycles. The molecule has 0 atom stereocenters. The van der Waals surface area contributed by atoms with Crippen LogP contribution in [0.3, 0.4) is 0 Å². The third-order valence-electron chi connectivity index (χ3n) is 2.82. The van der Waals surface area contributed by atoms with Gasteiger partial charge < -0.3 is 4.74 Å². The highest BCUT2D eigenvalue weighted by molar-refractivity contribution is 9.10. The van der Waals surface area contributed by atoms with Crippen molar-refractivity contribution < 1.29 is 9.53 Å². The molecule has 4 nitrogen and oxygen atoms in total. The summed E-state index contributed by atoms with van der Waals surface area (Å²) in [5, 5.41) is 0. The largest absolute Gasteiger partial charge is 0.469 e. The second-order valence-electron chi connectivity index (χ2n) is 4.39. The molecule has 0 spiro atoms. The summed E-state index contributed by atoms with van der Waals surface area (Å²) in [5.41, 5.74) is 2.78. The number of benzene rings is 1. The summed E-state index contributed by atoms with van der Waals surface area (Å²) < 4.78 is 5.66. The fraction of sp³-hybridized carbons (Fsp3) is 0.267. The molecule has 104 valence electrons. The van der Waals surface area contributed by atoms with Crippen LogP contribution in [-0.2, 0) is 16.0 Å². The Morgan fingerprint density at radius 1 is 1.25 bits per heavy atom. The van der Waals surface area contributed by atoms with Crippen LogP contribution < -0.4 is 0 Å². The molecule has 0 aliphatic rings. The molecule has 0 aliphatic carbocycles. The Morgan fingerprint density at radius 2 is 1.95 bits per heavy atom. The van der Waals surface area contributed by atoms with E-state index in [-0.39, 0.29) is 5.97 Å². The summed E-state index contributed by atoms with van der Waals surface area (Å²) in [6.07, 6.45) is 0.775. The third-order valence-corrected chi connectivity index (χ3v) is 3.35. The summed E-state index contributed by atoms with van der Waals surface area (Å²) >= 11 is 3.41. The van der Waals surface area contributed by atoms with Crippen LogP contribution >= 0.6 is 15.9 Å². The maximum atomic E-state index is 11.2. The number of aromatic nitrogens is 2. The van der Waals surface area contributed by atoms with Gasteiger partial charge in [0.15, 0.2) is 0 Å². The lowest BCUT2D eigenvalue weighted by atomic mass is 10.1. The molecule has 5 heteroatoms. The standard InChI is InChI=1S/C15H15BrN2O2/c1-10-9-13(11-3-5-12(16)6-4-11)18-14(17-10)7-8-15(19)20-2/h3-6,9H,7-8H2,1-2H3. The zero-order valence-corrected chi connectivity index (χ0v) is 13.0. The fourth-order valence-electron chi connectivity index (χ4n) is 1.83. The molecule has 1 aromatic carbocycles. The van der Waals surface area contributed by atoms with Crippen molar-refractivity contribution in [1.82, 2.24) is 9.97 Å². The Kier molecular flexibility index (Phi) is 4.84. The molecular weight excluding hydrogens is 320 g/mol. The first-order chi connectivity index (χ1) is 9.58. The van der Waals surface area contributed by atoms with Crippen molar-refractivity contribution in [1.29, 1.82) is 0 Å². The average molecular weight is 335 g/mol. The normalized spacial score (nSPS) is 10.3. The number of ether oxygens (including phenoxy) is 1. The van der Waals surface area contributed by atoms with Crippen LogP contribution in [0.1, 0.15) is 17.9 Å². The molecule has 0 radical (unpaired) electrons. The smallest absolute Gasteiger partial charge is 0.305 e. The van der Waals surface area contributed by atoms with E-state index in [2.05, 4.69) is 30.6 Å². The minimum Gasteiger partial charge on any atom is -0.469 e. The Balaban J connectivity index is 2.24. The van der Waals surface area contributed by atoms with Crippen molar-refractivity contribution in [3.05, 3.63) is 46.3 Å². The molecule has 0 saturated heterocycles. The van der Waals surface area contributed by atoms with E-state index in [0.29, 0.717) is 18.7 Å². The highest BCUT2D eigenvalue weighted by Crippen LogP contribution is 2.20. The van der Waals surface area contributed by atoms with E-state index in [0.717, 1.165) is 21.4 Å². The molecule has 2 aromatic rings. The number of carbonyl (C=O) groups excluding carboxylic acids is 1. The first-order valence-electron chi connectivity index (χ1n) is 6.26. The third kappa shape index (κ3) is 3.87. The van der Waals surface area contributed by atoms with Gasteiger partial charge in [0.25, 0.3) is 0 Å². The monoisotopic (exact) mass is 334 g/mol. The quantitative estimate of drug-likeness (QED) is 0.805. The van der Waals surface area contributed by atoms with Crippen LogP contribution in [0.2, 0.25) is 0 Å². The molecular formula is C15H15BrN2O2. The highest BCUT2D eigenvalue weighted by atomic mass is 79.9. The summed E-state index contributed by atoms with van der Waals surface area (Å²) in [6, 6.07) is 9.87. The van der Waals surface area contributed by atoms with Gasteiger partial charge in [0.1, 0.15) is 5.82 Å². The molecule has 2 rings (SSSR count). The summed E-state index contributed by atoms with van der Waals surface area (Å²) in [6.45, 7) is 1.92. The van der Waals surface area contributed by atoms with Gasteiger partial charge >= 0.3 is 5.97 Å². The van der Waals surface area contributed by atoms with Gasteiger partial charge in [0.2, 0.25) is 0 Å². The molecule has 0 amide bonds.